The molecule has 1 amide bonds. The molecule has 1 fully saturated rings. The normalized spacial score (nSPS) is 17.3. The highest BCUT2D eigenvalue weighted by atomic mass is 35.5. The monoisotopic (exact) mass is 393 g/mol. The van der Waals surface area contributed by atoms with Gasteiger partial charge in [0.15, 0.2) is 0 Å². The number of rotatable bonds is 8. The van der Waals surface area contributed by atoms with Gasteiger partial charge in [-0.15, -0.1) is 17.5 Å². The summed E-state index contributed by atoms with van der Waals surface area (Å²) in [7, 11) is 0. The average molecular weight is 394 g/mol. The Hall–Kier alpha value is -2.03. The first-order valence-electron chi connectivity index (χ1n) is 9.23. The van der Waals surface area contributed by atoms with Crippen LogP contribution in [0.4, 0.5) is 0 Å². The molecule has 1 unspecified atom stereocenters. The number of hydrogen-bond donors (Lipinski definition) is 2. The summed E-state index contributed by atoms with van der Waals surface area (Å²) in [4.78, 5) is 18.2. The number of aromatic nitrogens is 4. The summed E-state index contributed by atoms with van der Waals surface area (Å²) < 4.78 is 1.84. The van der Waals surface area contributed by atoms with Crippen LogP contribution in [0, 0.1) is 0 Å². The van der Waals surface area contributed by atoms with Gasteiger partial charge in [0.05, 0.1) is 18.4 Å². The molecule has 0 saturated carbocycles. The summed E-state index contributed by atoms with van der Waals surface area (Å²) in [6.07, 6.45) is 9.44. The van der Waals surface area contributed by atoms with E-state index in [9.17, 15) is 4.79 Å². The van der Waals surface area contributed by atoms with Crippen LogP contribution < -0.4 is 11.1 Å². The molecule has 3 rings (SSSR count). The van der Waals surface area contributed by atoms with Gasteiger partial charge in [-0.05, 0) is 31.0 Å². The predicted octanol–water partition coefficient (Wildman–Crippen LogP) is 0.963. The third-order valence-corrected chi connectivity index (χ3v) is 4.67. The predicted molar refractivity (Wildman–Crippen MR) is 105 cm³/mol. The van der Waals surface area contributed by atoms with Crippen LogP contribution in [0.1, 0.15) is 36.9 Å². The van der Waals surface area contributed by atoms with Gasteiger partial charge in [0.1, 0.15) is 0 Å². The van der Waals surface area contributed by atoms with E-state index >= 15 is 0 Å². The quantitative estimate of drug-likeness (QED) is 0.692. The molecule has 2 aromatic heterocycles. The number of halogens is 1. The third-order valence-electron chi connectivity index (χ3n) is 4.67. The summed E-state index contributed by atoms with van der Waals surface area (Å²) in [5.74, 6) is 0.0282. The molecular formula is C18H28ClN7O. The minimum atomic E-state index is 0. The Labute approximate surface area is 165 Å². The first-order chi connectivity index (χ1) is 12.7. The largest absolute Gasteiger partial charge is 0.354 e. The molecule has 0 bridgehead atoms. The summed E-state index contributed by atoms with van der Waals surface area (Å²) in [5.41, 5.74) is 7.48. The molecule has 148 valence electrons. The van der Waals surface area contributed by atoms with Gasteiger partial charge in [-0.2, -0.15) is 0 Å². The molecule has 9 heteroatoms. The second-order valence-corrected chi connectivity index (χ2v) is 6.73. The van der Waals surface area contributed by atoms with Crippen molar-refractivity contribution in [1.82, 2.24) is 30.2 Å². The number of likely N-dealkylation sites (tertiary alicyclic amines) is 1. The highest BCUT2D eigenvalue weighted by molar-refractivity contribution is 5.85. The van der Waals surface area contributed by atoms with Crippen LogP contribution in [0.3, 0.4) is 0 Å². The van der Waals surface area contributed by atoms with Crippen molar-refractivity contribution in [1.29, 1.82) is 0 Å². The number of nitrogens with zero attached hydrogens (tertiary/aromatic N) is 5. The third kappa shape index (κ3) is 6.57. The van der Waals surface area contributed by atoms with E-state index in [4.69, 9.17) is 5.73 Å². The molecule has 0 spiro atoms. The van der Waals surface area contributed by atoms with E-state index in [0.29, 0.717) is 32.1 Å². The van der Waals surface area contributed by atoms with E-state index in [1.807, 2.05) is 29.2 Å². The van der Waals surface area contributed by atoms with Gasteiger partial charge in [-0.3, -0.25) is 14.7 Å². The van der Waals surface area contributed by atoms with E-state index < -0.39 is 0 Å². The van der Waals surface area contributed by atoms with Crippen LogP contribution in [0.2, 0.25) is 0 Å². The Bertz CT molecular complexity index is 694. The molecule has 2 aromatic rings. The van der Waals surface area contributed by atoms with Crippen molar-refractivity contribution in [3.05, 3.63) is 42.0 Å². The molecular weight excluding hydrogens is 366 g/mol. The number of pyridine rings is 1. The smallest absolute Gasteiger partial charge is 0.221 e. The van der Waals surface area contributed by atoms with Crippen LogP contribution in [-0.4, -0.2) is 56.5 Å². The van der Waals surface area contributed by atoms with Crippen molar-refractivity contribution >= 4 is 18.3 Å². The lowest BCUT2D eigenvalue weighted by Gasteiger charge is -2.35. The van der Waals surface area contributed by atoms with Gasteiger partial charge in [0.2, 0.25) is 5.91 Å². The zero-order valence-corrected chi connectivity index (χ0v) is 16.3. The summed E-state index contributed by atoms with van der Waals surface area (Å²) in [6.45, 7) is 3.50. The van der Waals surface area contributed by atoms with Crippen LogP contribution in [0.5, 0.6) is 0 Å². The average Bonchev–Trinajstić information content (AvgIpc) is 3.09. The SMILES string of the molecule is Cl.NCCC(=O)NCC1CCCCN1Cc1cn(Cc2cccnc2)nn1. The lowest BCUT2D eigenvalue weighted by atomic mass is 10.0. The van der Waals surface area contributed by atoms with E-state index in [1.165, 1.54) is 12.8 Å². The van der Waals surface area contributed by atoms with E-state index in [1.54, 1.807) is 6.20 Å². The van der Waals surface area contributed by atoms with Gasteiger partial charge in [0.25, 0.3) is 0 Å². The van der Waals surface area contributed by atoms with Crippen LogP contribution in [0.25, 0.3) is 0 Å². The molecule has 0 aliphatic carbocycles. The number of nitrogens with one attached hydrogen (secondary N) is 1. The zero-order chi connectivity index (χ0) is 18.2. The van der Waals surface area contributed by atoms with Crippen LogP contribution in [0.15, 0.2) is 30.7 Å². The number of carbonyl (C=O) groups excluding carboxylic acids is 1. The lowest BCUT2D eigenvalue weighted by Crippen LogP contribution is -2.46. The summed E-state index contributed by atoms with van der Waals surface area (Å²) >= 11 is 0. The maximum atomic E-state index is 11.7. The van der Waals surface area contributed by atoms with E-state index in [-0.39, 0.29) is 18.3 Å². The number of carbonyl (C=O) groups is 1. The van der Waals surface area contributed by atoms with E-state index in [0.717, 1.165) is 30.8 Å². The zero-order valence-electron chi connectivity index (χ0n) is 15.5. The highest BCUT2D eigenvalue weighted by Crippen LogP contribution is 2.18. The fourth-order valence-corrected chi connectivity index (χ4v) is 3.33. The first kappa shape index (κ1) is 21.3. The second-order valence-electron chi connectivity index (χ2n) is 6.73. The molecule has 1 aliphatic rings. The van der Waals surface area contributed by atoms with Crippen molar-refractivity contribution in [2.75, 3.05) is 19.6 Å². The standard InChI is InChI=1S/C18H27N7O.ClH/c19-7-6-18(26)21-11-17-5-1-2-9-24(17)13-16-14-25(23-22-16)12-15-4-3-8-20-10-15;/h3-4,8,10,14,17H,1-2,5-7,9,11-13,19H2,(H,21,26);1H. The van der Waals surface area contributed by atoms with Crippen molar-refractivity contribution in [2.24, 2.45) is 5.73 Å². The number of amides is 1. The number of hydrogen-bond acceptors (Lipinski definition) is 6. The Morgan fingerprint density at radius 1 is 1.33 bits per heavy atom. The Balaban J connectivity index is 0.00000261. The van der Waals surface area contributed by atoms with Crippen molar-refractivity contribution in [3.63, 3.8) is 0 Å². The molecule has 3 heterocycles. The van der Waals surface area contributed by atoms with Gasteiger partial charge >= 0.3 is 0 Å². The molecule has 1 aliphatic heterocycles. The van der Waals surface area contributed by atoms with E-state index in [2.05, 4.69) is 25.5 Å². The molecule has 0 radical (unpaired) electrons. The van der Waals surface area contributed by atoms with Crippen LogP contribution in [-0.2, 0) is 17.9 Å². The van der Waals surface area contributed by atoms with Crippen molar-refractivity contribution < 1.29 is 4.79 Å². The molecule has 27 heavy (non-hydrogen) atoms. The van der Waals surface area contributed by atoms with Gasteiger partial charge in [-0.25, -0.2) is 4.68 Å². The van der Waals surface area contributed by atoms with Crippen molar-refractivity contribution in [3.8, 4) is 0 Å². The second kappa shape index (κ2) is 11.0. The van der Waals surface area contributed by atoms with Crippen LogP contribution >= 0.6 is 12.4 Å². The topological polar surface area (TPSA) is 102 Å². The number of nitrogens with two attached hydrogens (primary N) is 1. The summed E-state index contributed by atoms with van der Waals surface area (Å²) in [5, 5.41) is 11.5. The molecule has 8 nitrogen and oxygen atoms in total. The van der Waals surface area contributed by atoms with Gasteiger partial charge < -0.3 is 11.1 Å². The first-order valence-corrected chi connectivity index (χ1v) is 9.23. The Kier molecular flexibility index (Phi) is 8.63. The van der Waals surface area contributed by atoms with Gasteiger partial charge in [-0.1, -0.05) is 17.7 Å². The molecule has 3 N–H and O–H groups in total. The molecule has 1 atom stereocenters. The Morgan fingerprint density at radius 2 is 2.22 bits per heavy atom. The molecule has 0 aromatic carbocycles. The maximum Gasteiger partial charge on any atom is 0.221 e. The minimum absolute atomic E-state index is 0. The highest BCUT2D eigenvalue weighted by Gasteiger charge is 2.23. The molecule has 1 saturated heterocycles. The minimum Gasteiger partial charge on any atom is -0.354 e. The lowest BCUT2D eigenvalue weighted by molar-refractivity contribution is -0.121. The maximum absolute atomic E-state index is 11.7. The fourth-order valence-electron chi connectivity index (χ4n) is 3.33. The number of piperidine rings is 1. The fraction of sp³-hybridized carbons (Fsp3) is 0.556. The van der Waals surface area contributed by atoms with Gasteiger partial charge in [0, 0.05) is 44.5 Å². The van der Waals surface area contributed by atoms with Crippen molar-refractivity contribution in [2.45, 2.75) is 44.8 Å². The Morgan fingerprint density at radius 3 is 3.00 bits per heavy atom. The summed E-state index contributed by atoms with van der Waals surface area (Å²) in [6, 6.07) is 4.29.